The van der Waals surface area contributed by atoms with Gasteiger partial charge in [0.15, 0.2) is 10.1 Å². The Bertz CT molecular complexity index is 1080. The maximum absolute atomic E-state index is 13.4. The van der Waals surface area contributed by atoms with Crippen LogP contribution in [-0.2, 0) is 9.59 Å². The van der Waals surface area contributed by atoms with Gasteiger partial charge in [-0.3, -0.25) is 14.5 Å². The molecular weight excluding hydrogens is 473 g/mol. The maximum atomic E-state index is 13.4. The van der Waals surface area contributed by atoms with Crippen molar-refractivity contribution in [2.45, 2.75) is 56.7 Å². The fourth-order valence-electron chi connectivity index (χ4n) is 4.23. The highest BCUT2D eigenvalue weighted by molar-refractivity contribution is 8.01. The minimum atomic E-state index is -0.381. The van der Waals surface area contributed by atoms with Gasteiger partial charge in [-0.1, -0.05) is 73.1 Å². The number of benzene rings is 1. The predicted octanol–water partition coefficient (Wildman–Crippen LogP) is 6.51. The summed E-state index contributed by atoms with van der Waals surface area (Å²) in [5, 5.41) is 10.1. The summed E-state index contributed by atoms with van der Waals surface area (Å²) in [6.07, 6.45) is 2.23. The number of hydrogen-bond donors (Lipinski definition) is 0. The molecule has 31 heavy (non-hydrogen) atoms. The van der Waals surface area contributed by atoms with Gasteiger partial charge in [0.05, 0.1) is 0 Å². The van der Waals surface area contributed by atoms with Crippen LogP contribution in [0.15, 0.2) is 33.8 Å². The average molecular weight is 496 g/mol. The fraction of sp³-hybridized carbons (Fsp3) is 0.455. The molecule has 1 aliphatic carbocycles. The normalized spacial score (nSPS) is 20.9. The number of hydrogen-bond acceptors (Lipinski definition) is 6. The summed E-state index contributed by atoms with van der Waals surface area (Å²) in [6, 6.07) is 5.23. The van der Waals surface area contributed by atoms with Crippen molar-refractivity contribution in [1.82, 2.24) is 10.2 Å². The Morgan fingerprint density at radius 2 is 2.00 bits per heavy atom. The zero-order valence-electron chi connectivity index (χ0n) is 17.6. The molecule has 0 saturated carbocycles. The van der Waals surface area contributed by atoms with Crippen molar-refractivity contribution < 1.29 is 9.59 Å². The van der Waals surface area contributed by atoms with Gasteiger partial charge in [-0.05, 0) is 36.0 Å². The van der Waals surface area contributed by atoms with Gasteiger partial charge in [0, 0.05) is 45.8 Å². The van der Waals surface area contributed by atoms with Crippen LogP contribution >= 0.6 is 46.3 Å². The Morgan fingerprint density at radius 3 is 2.71 bits per heavy atom. The number of ketones is 1. The minimum absolute atomic E-state index is 0.0601. The van der Waals surface area contributed by atoms with Crippen LogP contribution in [0.5, 0.6) is 0 Å². The lowest BCUT2D eigenvalue weighted by Gasteiger charge is -2.42. The van der Waals surface area contributed by atoms with Gasteiger partial charge in [-0.25, -0.2) is 0 Å². The molecule has 0 spiro atoms. The van der Waals surface area contributed by atoms with E-state index in [2.05, 4.69) is 31.0 Å². The number of anilines is 1. The lowest BCUT2D eigenvalue weighted by Crippen LogP contribution is -2.43. The first-order valence-electron chi connectivity index (χ1n) is 10.2. The molecule has 9 heteroatoms. The average Bonchev–Trinajstić information content (AvgIpc) is 3.13. The van der Waals surface area contributed by atoms with Crippen LogP contribution < -0.4 is 4.90 Å². The van der Waals surface area contributed by atoms with Crippen LogP contribution in [0.2, 0.25) is 10.0 Å². The zero-order chi connectivity index (χ0) is 22.3. The van der Waals surface area contributed by atoms with Crippen molar-refractivity contribution in [2.75, 3.05) is 10.7 Å². The van der Waals surface area contributed by atoms with Gasteiger partial charge in [0.2, 0.25) is 11.0 Å². The maximum Gasteiger partial charge on any atom is 0.234 e. The lowest BCUT2D eigenvalue weighted by molar-refractivity contribution is -0.121. The van der Waals surface area contributed by atoms with E-state index in [4.69, 9.17) is 23.2 Å². The second kappa shape index (κ2) is 8.85. The molecule has 5 nitrogen and oxygen atoms in total. The summed E-state index contributed by atoms with van der Waals surface area (Å²) in [4.78, 5) is 28.4. The van der Waals surface area contributed by atoms with Crippen molar-refractivity contribution >= 4 is 63.1 Å². The van der Waals surface area contributed by atoms with E-state index in [1.807, 2.05) is 6.07 Å². The Hall–Kier alpha value is -1.41. The molecule has 4 rings (SSSR count). The highest BCUT2D eigenvalue weighted by atomic mass is 35.5. The van der Waals surface area contributed by atoms with Gasteiger partial charge in [-0.2, -0.15) is 0 Å². The van der Waals surface area contributed by atoms with E-state index >= 15 is 0 Å². The van der Waals surface area contributed by atoms with Crippen molar-refractivity contribution in [1.29, 1.82) is 0 Å². The molecule has 0 fully saturated rings. The highest BCUT2D eigenvalue weighted by Gasteiger charge is 2.45. The van der Waals surface area contributed by atoms with Gasteiger partial charge in [-0.15, -0.1) is 10.2 Å². The Balaban J connectivity index is 1.83. The van der Waals surface area contributed by atoms with E-state index in [-0.39, 0.29) is 29.4 Å². The molecule has 1 aliphatic heterocycles. The number of rotatable bonds is 5. The molecule has 0 radical (unpaired) electrons. The van der Waals surface area contributed by atoms with E-state index in [1.54, 1.807) is 28.8 Å². The van der Waals surface area contributed by atoms with Crippen LogP contribution in [-0.4, -0.2) is 27.6 Å². The SMILES string of the molecule is CCCSc1nnc(N2C(=O)C[C@H](c3ccc(Cl)cc3Cl)C3=C2CC(C)(C)CC3=O)s1. The Morgan fingerprint density at radius 1 is 1.23 bits per heavy atom. The summed E-state index contributed by atoms with van der Waals surface area (Å²) in [5.74, 6) is 0.529. The van der Waals surface area contributed by atoms with E-state index in [0.29, 0.717) is 33.6 Å². The number of Topliss-reactive ketones (excluding diaryl/α,β-unsaturated/α-hetero) is 1. The van der Waals surface area contributed by atoms with Crippen LogP contribution in [0.25, 0.3) is 0 Å². The van der Waals surface area contributed by atoms with Crippen LogP contribution in [0, 0.1) is 5.41 Å². The summed E-state index contributed by atoms with van der Waals surface area (Å²) in [5.41, 5.74) is 1.92. The number of carbonyl (C=O) groups excluding carboxylic acids is 2. The Labute approximate surface area is 200 Å². The molecule has 1 aromatic heterocycles. The Kier molecular flexibility index (Phi) is 6.50. The van der Waals surface area contributed by atoms with Gasteiger partial charge < -0.3 is 0 Å². The second-order valence-electron chi connectivity index (χ2n) is 8.65. The third kappa shape index (κ3) is 4.56. The van der Waals surface area contributed by atoms with Crippen molar-refractivity contribution in [3.63, 3.8) is 0 Å². The van der Waals surface area contributed by atoms with Crippen LogP contribution in [0.3, 0.4) is 0 Å². The molecule has 0 N–H and O–H groups in total. The minimum Gasteiger partial charge on any atom is -0.294 e. The monoisotopic (exact) mass is 495 g/mol. The predicted molar refractivity (Wildman–Crippen MR) is 127 cm³/mol. The second-order valence-corrected chi connectivity index (χ2v) is 11.8. The quantitative estimate of drug-likeness (QED) is 0.349. The molecule has 1 atom stereocenters. The summed E-state index contributed by atoms with van der Waals surface area (Å²) < 4.78 is 0.830. The van der Waals surface area contributed by atoms with E-state index < -0.39 is 0 Å². The van der Waals surface area contributed by atoms with Crippen molar-refractivity contribution in [3.8, 4) is 0 Å². The topological polar surface area (TPSA) is 63.2 Å². The number of carbonyl (C=O) groups is 2. The summed E-state index contributed by atoms with van der Waals surface area (Å²) in [7, 11) is 0. The summed E-state index contributed by atoms with van der Waals surface area (Å²) >= 11 is 15.6. The van der Waals surface area contributed by atoms with Gasteiger partial charge in [0.25, 0.3) is 0 Å². The molecule has 2 aliphatic rings. The zero-order valence-corrected chi connectivity index (χ0v) is 20.7. The standard InChI is InChI=1S/C22H23Cl2N3O2S2/c1-4-7-30-21-26-25-20(31-21)27-16-10-22(2,3)11-17(28)19(16)14(9-18(27)29)13-6-5-12(23)8-15(13)24/h5-6,8,14H,4,7,9-11H2,1-3H3/t14-/m1/s1. The van der Waals surface area contributed by atoms with Crippen molar-refractivity contribution in [2.24, 2.45) is 5.41 Å². The van der Waals surface area contributed by atoms with Gasteiger partial charge in [0.1, 0.15) is 0 Å². The molecule has 1 amide bonds. The van der Waals surface area contributed by atoms with E-state index in [1.165, 1.54) is 11.3 Å². The third-order valence-corrected chi connectivity index (χ3v) is 8.31. The first-order chi connectivity index (χ1) is 14.7. The number of halogens is 2. The fourth-order valence-corrected chi connectivity index (χ4v) is 6.58. The molecular formula is C22H23Cl2N3O2S2. The first-order valence-corrected chi connectivity index (χ1v) is 12.8. The van der Waals surface area contributed by atoms with Crippen LogP contribution in [0.1, 0.15) is 57.9 Å². The molecule has 0 saturated heterocycles. The number of nitrogens with zero attached hydrogens (tertiary/aromatic N) is 3. The van der Waals surface area contributed by atoms with Crippen molar-refractivity contribution in [3.05, 3.63) is 45.1 Å². The number of amides is 1. The lowest BCUT2D eigenvalue weighted by atomic mass is 9.69. The first kappa shape index (κ1) is 22.8. The van der Waals surface area contributed by atoms with Gasteiger partial charge >= 0.3 is 0 Å². The number of aromatic nitrogens is 2. The molecule has 2 heterocycles. The highest BCUT2D eigenvalue weighted by Crippen LogP contribution is 2.49. The number of allylic oxidation sites excluding steroid dienone is 2. The summed E-state index contributed by atoms with van der Waals surface area (Å²) in [6.45, 7) is 6.22. The molecule has 2 aromatic rings. The van der Waals surface area contributed by atoms with E-state index in [0.717, 1.165) is 27.8 Å². The molecule has 0 bridgehead atoms. The third-order valence-electron chi connectivity index (χ3n) is 5.50. The van der Waals surface area contributed by atoms with Crippen LogP contribution in [0.4, 0.5) is 5.13 Å². The molecule has 1 aromatic carbocycles. The number of thioether (sulfide) groups is 1. The smallest absolute Gasteiger partial charge is 0.234 e. The van der Waals surface area contributed by atoms with E-state index in [9.17, 15) is 9.59 Å². The molecule has 164 valence electrons. The largest absolute Gasteiger partial charge is 0.294 e. The molecule has 0 unspecified atom stereocenters.